The highest BCUT2D eigenvalue weighted by Gasteiger charge is 2.15. The third-order valence-corrected chi connectivity index (χ3v) is 2.92. The monoisotopic (exact) mass is 257 g/mol. The molecule has 0 atom stereocenters. The fraction of sp³-hybridized carbons (Fsp3) is 0.0769. The van der Waals surface area contributed by atoms with Crippen LogP contribution in [0.3, 0.4) is 0 Å². The molecule has 96 valence electrons. The van der Waals surface area contributed by atoms with Crippen LogP contribution < -0.4 is 5.73 Å². The summed E-state index contributed by atoms with van der Waals surface area (Å²) in [5, 5.41) is 0.858. The van der Waals surface area contributed by atoms with Crippen molar-refractivity contribution in [3.8, 4) is 11.3 Å². The first-order valence-electron chi connectivity index (χ1n) is 5.60. The largest absolute Gasteiger partial charge is 0.465 e. The summed E-state index contributed by atoms with van der Waals surface area (Å²) in [4.78, 5) is 18.8. The minimum Gasteiger partial charge on any atom is -0.465 e. The number of ether oxygens (including phenoxy) is 1. The molecule has 3 N–H and O–H groups in total. The molecule has 0 saturated heterocycles. The van der Waals surface area contributed by atoms with Crippen LogP contribution in [0.25, 0.3) is 22.2 Å². The number of para-hydroxylation sites is 1. The number of aromatic nitrogens is 2. The molecular formula is C13H11N3O3. The fourth-order valence-electron chi connectivity index (χ4n) is 2.06. The maximum Gasteiger partial charge on any atom is 0.339 e. The van der Waals surface area contributed by atoms with Gasteiger partial charge in [-0.15, -0.1) is 0 Å². The molecule has 6 nitrogen and oxygen atoms in total. The summed E-state index contributed by atoms with van der Waals surface area (Å²) >= 11 is 0. The summed E-state index contributed by atoms with van der Waals surface area (Å²) in [6.45, 7) is 0. The van der Waals surface area contributed by atoms with E-state index >= 15 is 0 Å². The normalized spacial score (nSPS) is 10.8. The zero-order valence-electron chi connectivity index (χ0n) is 10.1. The second-order valence-electron chi connectivity index (χ2n) is 3.99. The van der Waals surface area contributed by atoms with E-state index in [0.29, 0.717) is 16.8 Å². The van der Waals surface area contributed by atoms with Crippen LogP contribution in [0.2, 0.25) is 0 Å². The predicted octanol–water partition coefficient (Wildman–Crippen LogP) is 2.19. The molecule has 0 bridgehead atoms. The van der Waals surface area contributed by atoms with Gasteiger partial charge < -0.3 is 19.9 Å². The smallest absolute Gasteiger partial charge is 0.339 e. The maximum atomic E-state index is 11.7. The second-order valence-corrected chi connectivity index (χ2v) is 3.99. The van der Waals surface area contributed by atoms with Gasteiger partial charge in [-0.1, -0.05) is 12.1 Å². The van der Waals surface area contributed by atoms with Gasteiger partial charge in [0.2, 0.25) is 0 Å². The highest BCUT2D eigenvalue weighted by Crippen LogP contribution is 2.30. The molecule has 2 aromatic heterocycles. The number of esters is 1. The van der Waals surface area contributed by atoms with Gasteiger partial charge in [-0.25, -0.2) is 4.79 Å². The van der Waals surface area contributed by atoms with Crippen LogP contribution in [0.15, 0.2) is 35.1 Å². The van der Waals surface area contributed by atoms with Gasteiger partial charge in [0.15, 0.2) is 0 Å². The van der Waals surface area contributed by atoms with Gasteiger partial charge in [-0.05, 0) is 6.07 Å². The Hall–Kier alpha value is -2.76. The van der Waals surface area contributed by atoms with Crippen molar-refractivity contribution >= 4 is 22.9 Å². The minimum absolute atomic E-state index is 0.105. The quantitative estimate of drug-likeness (QED) is 0.686. The molecule has 19 heavy (non-hydrogen) atoms. The van der Waals surface area contributed by atoms with E-state index in [2.05, 4.69) is 9.97 Å². The number of fused-ring (bicyclic) bond motifs is 1. The number of aromatic amines is 1. The molecule has 3 rings (SSSR count). The topological polar surface area (TPSA) is 94.1 Å². The lowest BCUT2D eigenvalue weighted by Crippen LogP contribution is -2.01. The number of oxazole rings is 1. The van der Waals surface area contributed by atoms with Crippen molar-refractivity contribution in [1.82, 2.24) is 9.97 Å². The third-order valence-electron chi connectivity index (χ3n) is 2.92. The van der Waals surface area contributed by atoms with Crippen molar-refractivity contribution in [3.63, 3.8) is 0 Å². The van der Waals surface area contributed by atoms with E-state index in [1.54, 1.807) is 18.3 Å². The molecule has 0 amide bonds. The number of benzene rings is 1. The number of hydrogen-bond donors (Lipinski definition) is 2. The second kappa shape index (κ2) is 4.16. The number of nitrogens with one attached hydrogen (secondary N) is 1. The molecule has 0 aliphatic carbocycles. The minimum atomic E-state index is -0.390. The SMILES string of the molecule is COC(=O)c1cccc2c(-c3coc(N)n3)c[nH]c12. The number of methoxy groups -OCH3 is 1. The molecular weight excluding hydrogens is 246 g/mol. The average molecular weight is 257 g/mol. The molecule has 3 aromatic rings. The number of nitrogens with two attached hydrogens (primary N) is 1. The Labute approximate surface area is 108 Å². The van der Waals surface area contributed by atoms with Crippen molar-refractivity contribution < 1.29 is 13.9 Å². The summed E-state index contributed by atoms with van der Waals surface area (Å²) in [6.07, 6.45) is 3.23. The molecule has 0 spiro atoms. The van der Waals surface area contributed by atoms with Gasteiger partial charge in [0.25, 0.3) is 6.01 Å². The van der Waals surface area contributed by atoms with Gasteiger partial charge in [-0.3, -0.25) is 0 Å². The number of nitrogens with zero attached hydrogens (tertiary/aromatic N) is 1. The maximum absolute atomic E-state index is 11.7. The summed E-state index contributed by atoms with van der Waals surface area (Å²) in [5.74, 6) is -0.390. The van der Waals surface area contributed by atoms with Crippen LogP contribution in [0.4, 0.5) is 6.01 Å². The van der Waals surface area contributed by atoms with E-state index < -0.39 is 5.97 Å². The lowest BCUT2D eigenvalue weighted by molar-refractivity contribution is 0.0603. The third kappa shape index (κ3) is 1.74. The first-order valence-corrected chi connectivity index (χ1v) is 5.60. The van der Waals surface area contributed by atoms with Crippen molar-refractivity contribution in [2.75, 3.05) is 12.8 Å². The number of carbonyl (C=O) groups is 1. The number of nitrogen functional groups attached to an aromatic ring is 1. The van der Waals surface area contributed by atoms with Crippen molar-refractivity contribution in [1.29, 1.82) is 0 Å². The Kier molecular flexibility index (Phi) is 2.49. The first kappa shape index (κ1) is 11.3. The Morgan fingerprint density at radius 1 is 1.47 bits per heavy atom. The van der Waals surface area contributed by atoms with Gasteiger partial charge in [0.1, 0.15) is 12.0 Å². The summed E-state index contributed by atoms with van der Waals surface area (Å²) in [7, 11) is 1.35. The van der Waals surface area contributed by atoms with E-state index in [-0.39, 0.29) is 6.01 Å². The molecule has 0 radical (unpaired) electrons. The number of rotatable bonds is 2. The molecule has 1 aromatic carbocycles. The van der Waals surface area contributed by atoms with E-state index in [9.17, 15) is 4.79 Å². The fourth-order valence-corrected chi connectivity index (χ4v) is 2.06. The summed E-state index contributed by atoms with van der Waals surface area (Å²) in [5.41, 5.74) is 8.08. The number of anilines is 1. The zero-order valence-corrected chi connectivity index (χ0v) is 10.1. The van der Waals surface area contributed by atoms with E-state index in [0.717, 1.165) is 10.9 Å². The molecule has 6 heteroatoms. The Morgan fingerprint density at radius 3 is 3.00 bits per heavy atom. The standard InChI is InChI=1S/C13H11N3O3/c1-18-12(17)8-4-2-3-7-9(5-15-11(7)8)10-6-19-13(14)16-10/h2-6,15H,1H3,(H2,14,16). The van der Waals surface area contributed by atoms with E-state index in [1.165, 1.54) is 13.4 Å². The molecule has 2 heterocycles. The summed E-state index contributed by atoms with van der Waals surface area (Å²) < 4.78 is 9.75. The van der Waals surface area contributed by atoms with Crippen LogP contribution in [0.1, 0.15) is 10.4 Å². The molecule has 0 unspecified atom stereocenters. The van der Waals surface area contributed by atoms with Crippen LogP contribution in [-0.2, 0) is 4.74 Å². The highest BCUT2D eigenvalue weighted by molar-refractivity contribution is 6.07. The van der Waals surface area contributed by atoms with Crippen molar-refractivity contribution in [2.45, 2.75) is 0 Å². The van der Waals surface area contributed by atoms with Crippen LogP contribution in [0.5, 0.6) is 0 Å². The molecule has 0 aliphatic heterocycles. The van der Waals surface area contributed by atoms with Gasteiger partial charge >= 0.3 is 5.97 Å². The molecule has 0 saturated carbocycles. The number of H-pyrrole nitrogens is 1. The Bertz CT molecular complexity index is 757. The van der Waals surface area contributed by atoms with Crippen LogP contribution >= 0.6 is 0 Å². The van der Waals surface area contributed by atoms with Gasteiger partial charge in [0, 0.05) is 17.1 Å². The Balaban J connectivity index is 2.22. The lowest BCUT2D eigenvalue weighted by atomic mass is 10.1. The molecule has 0 fully saturated rings. The summed E-state index contributed by atoms with van der Waals surface area (Å²) in [6, 6.07) is 5.48. The van der Waals surface area contributed by atoms with Crippen LogP contribution in [0, 0.1) is 0 Å². The van der Waals surface area contributed by atoms with E-state index in [4.69, 9.17) is 14.9 Å². The van der Waals surface area contributed by atoms with Gasteiger partial charge in [0.05, 0.1) is 18.2 Å². The first-order chi connectivity index (χ1) is 9.20. The lowest BCUT2D eigenvalue weighted by Gasteiger charge is -2.01. The average Bonchev–Trinajstić information content (AvgIpc) is 3.03. The van der Waals surface area contributed by atoms with Crippen LogP contribution in [-0.4, -0.2) is 23.0 Å². The predicted molar refractivity (Wildman–Crippen MR) is 69.5 cm³/mol. The zero-order chi connectivity index (χ0) is 13.4. The van der Waals surface area contributed by atoms with E-state index in [1.807, 2.05) is 6.07 Å². The number of carbonyl (C=O) groups excluding carboxylic acids is 1. The Morgan fingerprint density at radius 2 is 2.32 bits per heavy atom. The highest BCUT2D eigenvalue weighted by atomic mass is 16.5. The molecule has 0 aliphatic rings. The van der Waals surface area contributed by atoms with Crippen molar-refractivity contribution in [3.05, 3.63) is 36.2 Å². The number of hydrogen-bond acceptors (Lipinski definition) is 5. The van der Waals surface area contributed by atoms with Gasteiger partial charge in [-0.2, -0.15) is 4.98 Å². The van der Waals surface area contributed by atoms with Crippen molar-refractivity contribution in [2.24, 2.45) is 0 Å².